The van der Waals surface area contributed by atoms with Gasteiger partial charge in [0.05, 0.1) is 20.3 Å². The maximum atomic E-state index is 11.6. The van der Waals surface area contributed by atoms with Gasteiger partial charge in [0.2, 0.25) is 5.91 Å². The molecule has 1 rings (SSSR count). The molecular weight excluding hydrogens is 240 g/mol. The van der Waals surface area contributed by atoms with E-state index >= 15 is 0 Å². The molecule has 7 heteroatoms. The molecule has 102 valence electrons. The second-order valence-corrected chi connectivity index (χ2v) is 3.92. The SMILES string of the molecule is CCOC(=O)C1CCCN1CC(=O)NC(=O)OC. The molecule has 0 bridgehead atoms. The lowest BCUT2D eigenvalue weighted by molar-refractivity contribution is -0.148. The van der Waals surface area contributed by atoms with Gasteiger partial charge in [-0.2, -0.15) is 0 Å². The van der Waals surface area contributed by atoms with Crippen LogP contribution >= 0.6 is 0 Å². The van der Waals surface area contributed by atoms with Crippen LogP contribution < -0.4 is 5.32 Å². The van der Waals surface area contributed by atoms with Crippen molar-refractivity contribution < 1.29 is 23.9 Å². The zero-order valence-corrected chi connectivity index (χ0v) is 10.6. The average molecular weight is 258 g/mol. The van der Waals surface area contributed by atoms with Crippen LogP contribution in [-0.2, 0) is 19.1 Å². The summed E-state index contributed by atoms with van der Waals surface area (Å²) in [6, 6.07) is -0.395. The van der Waals surface area contributed by atoms with E-state index in [1.54, 1.807) is 11.8 Å². The van der Waals surface area contributed by atoms with Gasteiger partial charge in [0.15, 0.2) is 0 Å². The van der Waals surface area contributed by atoms with E-state index in [4.69, 9.17) is 4.74 Å². The topological polar surface area (TPSA) is 84.9 Å². The molecule has 0 aromatic carbocycles. The highest BCUT2D eigenvalue weighted by Crippen LogP contribution is 2.17. The molecule has 0 spiro atoms. The van der Waals surface area contributed by atoms with Gasteiger partial charge in [0, 0.05) is 0 Å². The number of hydrogen-bond acceptors (Lipinski definition) is 6. The second kappa shape index (κ2) is 6.95. The molecule has 1 aliphatic rings. The van der Waals surface area contributed by atoms with Crippen LogP contribution in [0.15, 0.2) is 0 Å². The number of carbonyl (C=O) groups is 3. The smallest absolute Gasteiger partial charge is 0.413 e. The number of alkyl carbamates (subject to hydrolysis) is 1. The van der Waals surface area contributed by atoms with Crippen molar-refractivity contribution in [1.82, 2.24) is 10.2 Å². The predicted octanol–water partition coefficient (Wildman–Crippen LogP) is -0.103. The Bertz CT molecular complexity index is 331. The Balaban J connectivity index is 2.47. The Hall–Kier alpha value is -1.63. The minimum Gasteiger partial charge on any atom is -0.465 e. The first kappa shape index (κ1) is 14.4. The lowest BCUT2D eigenvalue weighted by Crippen LogP contribution is -2.44. The first-order valence-electron chi connectivity index (χ1n) is 5.87. The third-order valence-electron chi connectivity index (χ3n) is 2.70. The van der Waals surface area contributed by atoms with Gasteiger partial charge in [-0.1, -0.05) is 0 Å². The summed E-state index contributed by atoms with van der Waals surface area (Å²) >= 11 is 0. The number of hydrogen-bond donors (Lipinski definition) is 1. The summed E-state index contributed by atoms with van der Waals surface area (Å²) in [5.74, 6) is -0.807. The standard InChI is InChI=1S/C11H18N2O5/c1-3-18-10(15)8-5-4-6-13(8)7-9(14)12-11(16)17-2/h8H,3-7H2,1-2H3,(H,12,14,16). The Morgan fingerprint density at radius 3 is 2.72 bits per heavy atom. The minimum atomic E-state index is -0.799. The molecule has 1 aliphatic heterocycles. The molecule has 0 aliphatic carbocycles. The summed E-state index contributed by atoms with van der Waals surface area (Å²) in [5, 5.41) is 2.05. The van der Waals surface area contributed by atoms with Crippen LogP contribution in [0.3, 0.4) is 0 Å². The molecule has 1 saturated heterocycles. The van der Waals surface area contributed by atoms with E-state index in [0.717, 1.165) is 6.42 Å². The highest BCUT2D eigenvalue weighted by Gasteiger charge is 2.33. The van der Waals surface area contributed by atoms with Crippen LogP contribution in [0.2, 0.25) is 0 Å². The molecule has 0 aromatic rings. The summed E-state index contributed by atoms with van der Waals surface area (Å²) in [4.78, 5) is 35.7. The summed E-state index contributed by atoms with van der Waals surface area (Å²) in [6.07, 6.45) is 0.700. The van der Waals surface area contributed by atoms with E-state index in [2.05, 4.69) is 10.1 Å². The molecule has 7 nitrogen and oxygen atoms in total. The normalized spacial score (nSPS) is 19.3. The van der Waals surface area contributed by atoms with Crippen molar-refractivity contribution in [3.8, 4) is 0 Å². The first-order valence-corrected chi connectivity index (χ1v) is 5.87. The first-order chi connectivity index (χ1) is 8.58. The molecule has 0 radical (unpaired) electrons. The average Bonchev–Trinajstić information content (AvgIpc) is 2.77. The van der Waals surface area contributed by atoms with Crippen molar-refractivity contribution >= 4 is 18.0 Å². The Morgan fingerprint density at radius 1 is 1.39 bits per heavy atom. The van der Waals surface area contributed by atoms with Crippen molar-refractivity contribution in [1.29, 1.82) is 0 Å². The minimum absolute atomic E-state index is 0.0153. The number of carbonyl (C=O) groups excluding carboxylic acids is 3. The fraction of sp³-hybridized carbons (Fsp3) is 0.727. The molecule has 18 heavy (non-hydrogen) atoms. The number of likely N-dealkylation sites (tertiary alicyclic amines) is 1. The fourth-order valence-electron chi connectivity index (χ4n) is 1.91. The Labute approximate surface area is 105 Å². The van der Waals surface area contributed by atoms with Gasteiger partial charge < -0.3 is 9.47 Å². The van der Waals surface area contributed by atoms with Gasteiger partial charge in [-0.15, -0.1) is 0 Å². The van der Waals surface area contributed by atoms with Crippen LogP contribution in [0.25, 0.3) is 0 Å². The third-order valence-corrected chi connectivity index (χ3v) is 2.70. The van der Waals surface area contributed by atoms with Crippen molar-refractivity contribution in [2.45, 2.75) is 25.8 Å². The lowest BCUT2D eigenvalue weighted by Gasteiger charge is -2.21. The quantitative estimate of drug-likeness (QED) is 0.709. The number of nitrogens with zero attached hydrogens (tertiary/aromatic N) is 1. The fourth-order valence-corrected chi connectivity index (χ4v) is 1.91. The number of nitrogens with one attached hydrogen (secondary N) is 1. The molecular formula is C11H18N2O5. The van der Waals surface area contributed by atoms with E-state index in [1.807, 2.05) is 0 Å². The second-order valence-electron chi connectivity index (χ2n) is 3.92. The number of rotatable bonds is 4. The lowest BCUT2D eigenvalue weighted by atomic mass is 10.2. The molecule has 2 amide bonds. The summed E-state index contributed by atoms with van der Waals surface area (Å²) in [5.41, 5.74) is 0. The Kier molecular flexibility index (Phi) is 5.57. The molecule has 0 saturated carbocycles. The molecule has 1 fully saturated rings. The molecule has 1 unspecified atom stereocenters. The summed E-state index contributed by atoms with van der Waals surface area (Å²) in [6.45, 7) is 2.68. The van der Waals surface area contributed by atoms with Crippen molar-refractivity contribution in [3.05, 3.63) is 0 Å². The molecule has 0 aromatic heterocycles. The Morgan fingerprint density at radius 2 is 2.11 bits per heavy atom. The predicted molar refractivity (Wildman–Crippen MR) is 61.8 cm³/mol. The number of ether oxygens (including phenoxy) is 2. The van der Waals surface area contributed by atoms with Gasteiger partial charge in [0.25, 0.3) is 0 Å². The van der Waals surface area contributed by atoms with Crippen LogP contribution in [0.1, 0.15) is 19.8 Å². The van der Waals surface area contributed by atoms with Crippen LogP contribution in [-0.4, -0.2) is 55.7 Å². The summed E-state index contributed by atoms with van der Waals surface area (Å²) < 4.78 is 9.25. The largest absolute Gasteiger partial charge is 0.465 e. The maximum absolute atomic E-state index is 11.6. The van der Waals surface area contributed by atoms with Crippen molar-refractivity contribution in [3.63, 3.8) is 0 Å². The summed E-state index contributed by atoms with van der Waals surface area (Å²) in [7, 11) is 1.18. The number of amides is 2. The van der Waals surface area contributed by atoms with Crippen LogP contribution in [0.5, 0.6) is 0 Å². The number of imide groups is 1. The van der Waals surface area contributed by atoms with E-state index in [0.29, 0.717) is 19.6 Å². The van der Waals surface area contributed by atoms with Gasteiger partial charge in [-0.25, -0.2) is 4.79 Å². The highest BCUT2D eigenvalue weighted by molar-refractivity contribution is 5.93. The third kappa shape index (κ3) is 3.99. The molecule has 1 atom stereocenters. The molecule has 1 N–H and O–H groups in total. The highest BCUT2D eigenvalue weighted by atomic mass is 16.5. The van der Waals surface area contributed by atoms with Gasteiger partial charge >= 0.3 is 12.1 Å². The molecule has 1 heterocycles. The maximum Gasteiger partial charge on any atom is 0.413 e. The van der Waals surface area contributed by atoms with Crippen molar-refractivity contribution in [2.24, 2.45) is 0 Å². The van der Waals surface area contributed by atoms with Crippen LogP contribution in [0.4, 0.5) is 4.79 Å². The van der Waals surface area contributed by atoms with E-state index < -0.39 is 18.0 Å². The van der Waals surface area contributed by atoms with Gasteiger partial charge in [-0.3, -0.25) is 19.8 Å². The number of methoxy groups -OCH3 is 1. The van der Waals surface area contributed by atoms with Crippen LogP contribution in [0, 0.1) is 0 Å². The number of esters is 1. The van der Waals surface area contributed by atoms with E-state index in [-0.39, 0.29) is 12.5 Å². The monoisotopic (exact) mass is 258 g/mol. The van der Waals surface area contributed by atoms with E-state index in [9.17, 15) is 14.4 Å². The van der Waals surface area contributed by atoms with Gasteiger partial charge in [-0.05, 0) is 26.3 Å². The van der Waals surface area contributed by atoms with Crippen molar-refractivity contribution in [2.75, 3.05) is 26.8 Å². The zero-order valence-electron chi connectivity index (χ0n) is 10.6. The van der Waals surface area contributed by atoms with Gasteiger partial charge in [0.1, 0.15) is 6.04 Å². The zero-order chi connectivity index (χ0) is 13.5. The van der Waals surface area contributed by atoms with E-state index in [1.165, 1.54) is 7.11 Å².